The normalized spacial score (nSPS) is 10.8. The lowest BCUT2D eigenvalue weighted by Gasteiger charge is -2.25. The molecule has 16 nitrogen and oxygen atoms in total. The molecule has 0 spiro atoms. The van der Waals surface area contributed by atoms with Crippen LogP contribution in [-0.2, 0) is 0 Å². The highest BCUT2D eigenvalue weighted by molar-refractivity contribution is 5.96. The van der Waals surface area contributed by atoms with Gasteiger partial charge in [-0.15, -0.1) is 0 Å². The molecule has 0 aliphatic carbocycles. The highest BCUT2D eigenvalue weighted by Gasteiger charge is 2.31. The zero-order valence-electron chi connectivity index (χ0n) is 33.8. The number of carboxylic acids is 4. The largest absolute Gasteiger partial charge is 0.496 e. The fourth-order valence-corrected chi connectivity index (χ4v) is 7.27. The van der Waals surface area contributed by atoms with E-state index < -0.39 is 35.7 Å². The molecule has 0 heterocycles. The average molecular weight is 827 g/mol. The summed E-state index contributed by atoms with van der Waals surface area (Å²) in [4.78, 5) is 49.2. The Labute approximate surface area is 344 Å². The molecule has 0 radical (unpaired) electrons. The zero-order chi connectivity index (χ0) is 44.0. The summed E-state index contributed by atoms with van der Waals surface area (Å²) < 4.78 is 44.2. The molecule has 0 saturated heterocycles. The Morgan fingerprint density at radius 3 is 0.583 bits per heavy atom. The van der Waals surface area contributed by atoms with Gasteiger partial charge in [-0.2, -0.15) is 0 Å². The van der Waals surface area contributed by atoms with Gasteiger partial charge in [0.2, 0.25) is 0 Å². The van der Waals surface area contributed by atoms with Crippen LogP contribution < -0.4 is 37.9 Å². The number of carbonyl (C=O) groups is 4. The van der Waals surface area contributed by atoms with Crippen molar-refractivity contribution in [1.29, 1.82) is 0 Å². The van der Waals surface area contributed by atoms with Crippen molar-refractivity contribution in [2.24, 2.45) is 0 Å². The second-order valence-corrected chi connectivity index (χ2v) is 13.0. The van der Waals surface area contributed by atoms with Gasteiger partial charge in [0.1, 0.15) is 68.2 Å². The van der Waals surface area contributed by atoms with Gasteiger partial charge in [-0.25, -0.2) is 19.2 Å². The Balaban J connectivity index is 1.84. The third-order valence-corrected chi connectivity index (χ3v) is 9.90. The van der Waals surface area contributed by atoms with E-state index in [-0.39, 0.29) is 68.2 Å². The summed E-state index contributed by atoms with van der Waals surface area (Å²) in [6.45, 7) is 0. The maximum atomic E-state index is 12.3. The van der Waals surface area contributed by atoms with Gasteiger partial charge >= 0.3 is 23.9 Å². The van der Waals surface area contributed by atoms with Crippen molar-refractivity contribution in [3.8, 4) is 46.0 Å². The predicted octanol–water partition coefficient (Wildman–Crippen LogP) is 6.91. The third kappa shape index (κ3) is 8.20. The molecule has 4 N–H and O–H groups in total. The molecule has 60 heavy (non-hydrogen) atoms. The molecular weight excluding hydrogens is 784 g/mol. The smallest absolute Gasteiger partial charge is 0.343 e. The molecule has 0 fully saturated rings. The van der Waals surface area contributed by atoms with Gasteiger partial charge in [0.25, 0.3) is 0 Å². The lowest BCUT2D eigenvalue weighted by Crippen LogP contribution is -2.12. The number of hydrogen-bond acceptors (Lipinski definition) is 12. The number of aromatic carboxylic acids is 4. The number of rotatable bonds is 18. The minimum atomic E-state index is -1.29. The topological polar surface area (TPSA) is 223 Å². The monoisotopic (exact) mass is 826 g/mol. The van der Waals surface area contributed by atoms with Crippen LogP contribution >= 0.6 is 0 Å². The average Bonchev–Trinajstić information content (AvgIpc) is 3.24. The Bertz CT molecular complexity index is 2040. The summed E-state index contributed by atoms with van der Waals surface area (Å²) >= 11 is 0. The first-order valence-electron chi connectivity index (χ1n) is 17.8. The molecule has 0 bridgehead atoms. The lowest BCUT2D eigenvalue weighted by atomic mass is 9.80. The Kier molecular flexibility index (Phi) is 13.3. The number of hydrogen-bond donors (Lipinski definition) is 4. The fraction of sp³-hybridized carbons (Fsp3) is 0.227. The molecule has 16 heteroatoms. The van der Waals surface area contributed by atoms with E-state index in [0.29, 0.717) is 33.4 Å². The van der Waals surface area contributed by atoms with Crippen molar-refractivity contribution in [3.05, 3.63) is 128 Å². The first-order valence-corrected chi connectivity index (χ1v) is 17.8. The number of methoxy groups -OCH3 is 8. The van der Waals surface area contributed by atoms with Crippen LogP contribution in [-0.4, -0.2) is 101 Å². The standard InChI is InChI=1S/C44H42O16/c1-53-27-13-23(14-28(54-2)37(27)41(45)46)35(24-15-29(55-3)38(42(47)48)30(16-24)56-4)21-9-11-22(12-10-21)36(25-17-31(57-5)39(43(49)50)32(18-25)58-6)26-19-33(59-7)40(44(51)52)34(20-26)60-8/h9-20,35-36H,1-8H3,(H,45,46)(H,47,48)(H,49,50)(H,51,52). The summed E-state index contributed by atoms with van der Waals surface area (Å²) in [5, 5.41) is 40.2. The van der Waals surface area contributed by atoms with Crippen LogP contribution in [0.3, 0.4) is 0 Å². The molecule has 314 valence electrons. The third-order valence-electron chi connectivity index (χ3n) is 9.90. The van der Waals surface area contributed by atoms with Crippen LogP contribution in [0, 0.1) is 0 Å². The fourth-order valence-electron chi connectivity index (χ4n) is 7.27. The summed E-state index contributed by atoms with van der Waals surface area (Å²) in [7, 11) is 10.6. The Morgan fingerprint density at radius 2 is 0.467 bits per heavy atom. The van der Waals surface area contributed by atoms with Crippen LogP contribution in [0.15, 0.2) is 72.8 Å². The molecule has 0 unspecified atom stereocenters. The molecule has 5 rings (SSSR count). The molecule has 0 aliphatic rings. The maximum Gasteiger partial charge on any atom is 0.343 e. The van der Waals surface area contributed by atoms with Gasteiger partial charge < -0.3 is 58.3 Å². The minimum Gasteiger partial charge on any atom is -0.496 e. The van der Waals surface area contributed by atoms with E-state index in [0.717, 1.165) is 0 Å². The van der Waals surface area contributed by atoms with Crippen molar-refractivity contribution in [3.63, 3.8) is 0 Å². The van der Waals surface area contributed by atoms with Gasteiger partial charge in [0.05, 0.1) is 56.9 Å². The van der Waals surface area contributed by atoms with Crippen molar-refractivity contribution >= 4 is 23.9 Å². The van der Waals surface area contributed by atoms with Crippen molar-refractivity contribution in [1.82, 2.24) is 0 Å². The van der Waals surface area contributed by atoms with Crippen molar-refractivity contribution < 1.29 is 77.5 Å². The predicted molar refractivity (Wildman–Crippen MR) is 214 cm³/mol. The van der Waals surface area contributed by atoms with E-state index in [4.69, 9.17) is 37.9 Å². The van der Waals surface area contributed by atoms with Crippen LogP contribution in [0.25, 0.3) is 0 Å². The summed E-state index contributed by atoms with van der Waals surface area (Å²) in [5.74, 6) is -6.68. The first-order chi connectivity index (χ1) is 28.7. The lowest BCUT2D eigenvalue weighted by molar-refractivity contribution is 0.0678. The summed E-state index contributed by atoms with van der Waals surface area (Å²) in [5.41, 5.74) is 2.34. The van der Waals surface area contributed by atoms with Crippen LogP contribution in [0.2, 0.25) is 0 Å². The second-order valence-electron chi connectivity index (χ2n) is 13.0. The van der Waals surface area contributed by atoms with Gasteiger partial charge in [0, 0.05) is 11.8 Å². The Hall–Kier alpha value is -7.62. The quantitative estimate of drug-likeness (QED) is 0.0659. The van der Waals surface area contributed by atoms with Crippen molar-refractivity contribution in [2.75, 3.05) is 56.9 Å². The maximum absolute atomic E-state index is 12.3. The molecule has 0 saturated carbocycles. The van der Waals surface area contributed by atoms with E-state index in [9.17, 15) is 39.6 Å². The molecular formula is C44H42O16. The number of carboxylic acid groups (broad SMARTS) is 4. The van der Waals surface area contributed by atoms with Gasteiger partial charge in [-0.1, -0.05) is 24.3 Å². The molecule has 0 aromatic heterocycles. The zero-order valence-corrected chi connectivity index (χ0v) is 33.8. The first kappa shape index (κ1) is 43.5. The van der Waals surface area contributed by atoms with Crippen LogP contribution in [0.4, 0.5) is 0 Å². The van der Waals surface area contributed by atoms with Gasteiger partial charge in [-0.3, -0.25) is 0 Å². The van der Waals surface area contributed by atoms with E-state index in [1.165, 1.54) is 56.9 Å². The molecule has 0 atom stereocenters. The molecule has 0 amide bonds. The Morgan fingerprint density at radius 1 is 0.317 bits per heavy atom. The summed E-state index contributed by atoms with van der Waals surface area (Å²) in [6.07, 6.45) is 0. The SMILES string of the molecule is COc1cc(C(c2ccc(C(c3cc(OC)c(C(=O)O)c(OC)c3)c3cc(OC)c(C(=O)O)c(OC)c3)cc2)c2cc(OC)c(C(=O)O)c(OC)c2)cc(OC)c1C(=O)O. The number of benzene rings is 5. The van der Waals surface area contributed by atoms with E-state index in [2.05, 4.69) is 0 Å². The van der Waals surface area contributed by atoms with E-state index in [1.807, 2.05) is 0 Å². The molecule has 5 aromatic carbocycles. The second kappa shape index (κ2) is 18.3. The van der Waals surface area contributed by atoms with Crippen LogP contribution in [0.5, 0.6) is 46.0 Å². The van der Waals surface area contributed by atoms with Crippen LogP contribution in [0.1, 0.15) is 86.6 Å². The number of ether oxygens (including phenoxy) is 8. The highest BCUT2D eigenvalue weighted by Crippen LogP contribution is 2.45. The highest BCUT2D eigenvalue weighted by atomic mass is 16.5. The van der Waals surface area contributed by atoms with E-state index >= 15 is 0 Å². The molecule has 0 aliphatic heterocycles. The van der Waals surface area contributed by atoms with E-state index in [1.54, 1.807) is 72.8 Å². The van der Waals surface area contributed by atoms with Crippen molar-refractivity contribution in [2.45, 2.75) is 11.8 Å². The van der Waals surface area contributed by atoms with Gasteiger partial charge in [0.15, 0.2) is 0 Å². The molecule has 5 aromatic rings. The summed E-state index contributed by atoms with van der Waals surface area (Å²) in [6, 6.07) is 19.5. The minimum absolute atomic E-state index is 0.0000232. The van der Waals surface area contributed by atoms with Gasteiger partial charge in [-0.05, 0) is 81.9 Å².